The molecular weight excluding hydrogens is 226 g/mol. The Morgan fingerprint density at radius 3 is 2.59 bits per heavy atom. The zero-order chi connectivity index (χ0) is 13.1. The predicted octanol–water partition coefficient (Wildman–Crippen LogP) is 1.25. The molecule has 7 nitrogen and oxygen atoms in total. The third kappa shape index (κ3) is 4.71. The van der Waals surface area contributed by atoms with Gasteiger partial charge in [0.2, 0.25) is 0 Å². The topological polar surface area (TPSA) is 91.2 Å². The molecular formula is C10H17N3O4. The number of ether oxygens (including phenoxy) is 1. The van der Waals surface area contributed by atoms with Gasteiger partial charge in [0, 0.05) is 13.0 Å². The first-order chi connectivity index (χ1) is 7.78. The summed E-state index contributed by atoms with van der Waals surface area (Å²) in [4.78, 5) is 23.1. The largest absolute Gasteiger partial charge is 0.465 e. The van der Waals surface area contributed by atoms with E-state index in [2.05, 4.69) is 10.5 Å². The number of hydrogen-bond donors (Lipinski definition) is 2. The molecule has 0 bridgehead atoms. The van der Waals surface area contributed by atoms with E-state index in [1.807, 2.05) is 0 Å². The summed E-state index contributed by atoms with van der Waals surface area (Å²) in [6, 6.07) is 0. The number of hydrogen-bond acceptors (Lipinski definition) is 4. The van der Waals surface area contributed by atoms with E-state index in [-0.39, 0.29) is 6.54 Å². The fraction of sp³-hybridized carbons (Fsp3) is 0.700. The van der Waals surface area contributed by atoms with Crippen LogP contribution in [0.25, 0.3) is 0 Å². The lowest BCUT2D eigenvalue weighted by atomic mass is 10.2. The van der Waals surface area contributed by atoms with E-state index < -0.39 is 17.8 Å². The molecule has 96 valence electrons. The first kappa shape index (κ1) is 13.3. The van der Waals surface area contributed by atoms with Gasteiger partial charge in [-0.3, -0.25) is 0 Å². The summed E-state index contributed by atoms with van der Waals surface area (Å²) in [6.07, 6.45) is -1.09. The maximum absolute atomic E-state index is 11.3. The highest BCUT2D eigenvalue weighted by Gasteiger charge is 2.22. The smallest absolute Gasteiger partial charge is 0.428 e. The average Bonchev–Trinajstić information content (AvgIpc) is 2.60. The number of carbonyl (C=O) groups excluding carboxylic acids is 1. The molecule has 1 heterocycles. The van der Waals surface area contributed by atoms with Gasteiger partial charge in [0.15, 0.2) is 0 Å². The first-order valence-corrected chi connectivity index (χ1v) is 5.30. The monoisotopic (exact) mass is 243 g/mol. The van der Waals surface area contributed by atoms with Crippen molar-refractivity contribution in [2.45, 2.75) is 32.8 Å². The third-order valence-electron chi connectivity index (χ3n) is 2.02. The molecule has 0 radical (unpaired) electrons. The minimum absolute atomic E-state index is 0.227. The van der Waals surface area contributed by atoms with Crippen molar-refractivity contribution in [1.82, 2.24) is 10.3 Å². The fourth-order valence-corrected chi connectivity index (χ4v) is 1.32. The lowest BCUT2D eigenvalue weighted by Gasteiger charge is -2.18. The van der Waals surface area contributed by atoms with Crippen LogP contribution >= 0.6 is 0 Å². The second-order valence-corrected chi connectivity index (χ2v) is 4.75. The van der Waals surface area contributed by atoms with Crippen molar-refractivity contribution in [3.8, 4) is 0 Å². The Hall–Kier alpha value is -1.79. The summed E-state index contributed by atoms with van der Waals surface area (Å²) in [5.74, 6) is 0. The Balaban J connectivity index is 2.40. The van der Waals surface area contributed by atoms with Crippen molar-refractivity contribution in [3.05, 3.63) is 0 Å². The van der Waals surface area contributed by atoms with Gasteiger partial charge in [-0.05, 0) is 20.8 Å². The number of amides is 2. The average molecular weight is 243 g/mol. The predicted molar refractivity (Wildman–Crippen MR) is 61.0 cm³/mol. The van der Waals surface area contributed by atoms with Crippen molar-refractivity contribution >= 4 is 17.9 Å². The minimum Gasteiger partial charge on any atom is -0.465 e. The maximum Gasteiger partial charge on any atom is 0.428 e. The Morgan fingerprint density at radius 1 is 1.47 bits per heavy atom. The van der Waals surface area contributed by atoms with Crippen molar-refractivity contribution in [2.24, 2.45) is 5.10 Å². The van der Waals surface area contributed by atoms with E-state index >= 15 is 0 Å². The number of nitrogens with zero attached hydrogens (tertiary/aromatic N) is 2. The molecule has 1 rings (SSSR count). The molecule has 17 heavy (non-hydrogen) atoms. The van der Waals surface area contributed by atoms with Crippen molar-refractivity contribution in [2.75, 3.05) is 13.1 Å². The van der Waals surface area contributed by atoms with E-state index in [0.717, 1.165) is 0 Å². The van der Waals surface area contributed by atoms with E-state index in [0.29, 0.717) is 18.7 Å². The molecule has 2 N–H and O–H groups in total. The summed E-state index contributed by atoms with van der Waals surface area (Å²) < 4.78 is 4.98. The number of hydrazone groups is 1. The molecule has 1 aliphatic rings. The van der Waals surface area contributed by atoms with Gasteiger partial charge in [-0.1, -0.05) is 0 Å². The van der Waals surface area contributed by atoms with Crippen LogP contribution in [-0.2, 0) is 4.74 Å². The van der Waals surface area contributed by atoms with Crippen LogP contribution in [0, 0.1) is 0 Å². The van der Waals surface area contributed by atoms with Gasteiger partial charge in [0.25, 0.3) is 0 Å². The van der Waals surface area contributed by atoms with E-state index in [4.69, 9.17) is 9.84 Å². The summed E-state index contributed by atoms with van der Waals surface area (Å²) in [5.41, 5.74) is 2.29. The second-order valence-electron chi connectivity index (χ2n) is 4.75. The highest BCUT2D eigenvalue weighted by atomic mass is 16.6. The quantitative estimate of drug-likeness (QED) is 0.678. The van der Waals surface area contributed by atoms with E-state index in [9.17, 15) is 9.59 Å². The molecule has 2 amide bonds. The lowest BCUT2D eigenvalue weighted by molar-refractivity contribution is 0.0529. The molecule has 0 saturated carbocycles. The summed E-state index contributed by atoms with van der Waals surface area (Å²) in [5, 5.41) is 12.5. The van der Waals surface area contributed by atoms with Gasteiger partial charge >= 0.3 is 12.2 Å². The van der Waals surface area contributed by atoms with Crippen LogP contribution in [0.15, 0.2) is 5.10 Å². The number of carboxylic acid groups (broad SMARTS) is 1. The zero-order valence-corrected chi connectivity index (χ0v) is 10.2. The Labute approximate surface area is 99.4 Å². The molecule has 0 atom stereocenters. The van der Waals surface area contributed by atoms with E-state index in [1.54, 1.807) is 20.8 Å². The van der Waals surface area contributed by atoms with Gasteiger partial charge in [0.1, 0.15) is 5.60 Å². The standard InChI is InChI=1S/C10H17N3O4/c1-10(2,3)17-8(14)12-11-7-4-5-13(6-7)9(15)16/h4-6H2,1-3H3,(H,12,14)(H,15,16)/b11-7+. The number of likely N-dealkylation sites (tertiary alicyclic amines) is 1. The van der Waals surface area contributed by atoms with Gasteiger partial charge in [-0.25, -0.2) is 15.0 Å². The molecule has 1 saturated heterocycles. The van der Waals surface area contributed by atoms with Crippen LogP contribution in [0.3, 0.4) is 0 Å². The van der Waals surface area contributed by atoms with Gasteiger partial charge in [-0.2, -0.15) is 5.10 Å². The lowest BCUT2D eigenvalue weighted by Crippen LogP contribution is -2.31. The third-order valence-corrected chi connectivity index (χ3v) is 2.02. The number of carbonyl (C=O) groups is 2. The highest BCUT2D eigenvalue weighted by molar-refractivity contribution is 5.92. The second kappa shape index (κ2) is 5.03. The van der Waals surface area contributed by atoms with Crippen LogP contribution in [0.1, 0.15) is 27.2 Å². The highest BCUT2D eigenvalue weighted by Crippen LogP contribution is 2.07. The Kier molecular flexibility index (Phi) is 3.93. The van der Waals surface area contributed by atoms with Crippen LogP contribution in [0.5, 0.6) is 0 Å². The molecule has 0 aromatic heterocycles. The molecule has 0 unspecified atom stereocenters. The van der Waals surface area contributed by atoms with Crippen LogP contribution in [0.2, 0.25) is 0 Å². The molecule has 7 heteroatoms. The molecule has 1 aliphatic heterocycles. The summed E-state index contributed by atoms with van der Waals surface area (Å²) >= 11 is 0. The Morgan fingerprint density at radius 2 is 2.12 bits per heavy atom. The fourth-order valence-electron chi connectivity index (χ4n) is 1.32. The number of nitrogens with one attached hydrogen (secondary N) is 1. The van der Waals surface area contributed by atoms with Crippen molar-refractivity contribution in [3.63, 3.8) is 0 Å². The van der Waals surface area contributed by atoms with Crippen LogP contribution < -0.4 is 5.43 Å². The normalized spacial score (nSPS) is 18.3. The SMILES string of the molecule is CC(C)(C)OC(=O)N/N=C1\CCN(C(=O)O)C1. The first-order valence-electron chi connectivity index (χ1n) is 5.30. The Bertz CT molecular complexity index is 346. The summed E-state index contributed by atoms with van der Waals surface area (Å²) in [7, 11) is 0. The molecule has 0 aromatic carbocycles. The maximum atomic E-state index is 11.3. The van der Waals surface area contributed by atoms with Crippen molar-refractivity contribution in [1.29, 1.82) is 0 Å². The van der Waals surface area contributed by atoms with Crippen LogP contribution in [0.4, 0.5) is 9.59 Å². The molecule has 0 aromatic rings. The summed E-state index contributed by atoms with van der Waals surface area (Å²) in [6.45, 7) is 5.89. The molecule has 0 aliphatic carbocycles. The van der Waals surface area contributed by atoms with Gasteiger partial charge < -0.3 is 14.7 Å². The minimum atomic E-state index is -0.979. The zero-order valence-electron chi connectivity index (χ0n) is 10.2. The van der Waals surface area contributed by atoms with Gasteiger partial charge in [-0.15, -0.1) is 0 Å². The van der Waals surface area contributed by atoms with E-state index in [1.165, 1.54) is 4.90 Å². The van der Waals surface area contributed by atoms with Gasteiger partial charge in [0.05, 0.1) is 12.3 Å². The number of rotatable bonds is 1. The van der Waals surface area contributed by atoms with Crippen LogP contribution in [-0.4, -0.2) is 46.6 Å². The van der Waals surface area contributed by atoms with Crippen molar-refractivity contribution < 1.29 is 19.4 Å². The molecule has 0 spiro atoms. The molecule has 1 fully saturated rings.